The highest BCUT2D eigenvalue weighted by molar-refractivity contribution is 7.86. The third-order valence-electron chi connectivity index (χ3n) is 7.60. The molecule has 0 fully saturated rings. The molecule has 15 heteroatoms. The van der Waals surface area contributed by atoms with Crippen molar-refractivity contribution in [3.8, 4) is 5.75 Å². The minimum absolute atomic E-state index is 0.0605. The van der Waals surface area contributed by atoms with Crippen LogP contribution in [0.2, 0.25) is 0 Å². The topological polar surface area (TPSA) is 194 Å². The number of esters is 3. The number of benzene rings is 2. The van der Waals surface area contributed by atoms with Gasteiger partial charge in [0.1, 0.15) is 16.9 Å². The van der Waals surface area contributed by atoms with E-state index in [-0.39, 0.29) is 78.6 Å². The lowest BCUT2D eigenvalue weighted by atomic mass is 9.85. The molecular weight excluding hydrogens is 660 g/mol. The van der Waals surface area contributed by atoms with Gasteiger partial charge in [0.05, 0.1) is 47.5 Å². The van der Waals surface area contributed by atoms with E-state index in [9.17, 15) is 42.0 Å². The highest BCUT2D eigenvalue weighted by Crippen LogP contribution is 2.38. The molecule has 0 radical (unpaired) electrons. The van der Waals surface area contributed by atoms with Crippen LogP contribution in [0.4, 0.5) is 0 Å². The zero-order chi connectivity index (χ0) is 36.5. The van der Waals surface area contributed by atoms with Crippen LogP contribution in [0.25, 0.3) is 5.57 Å². The standard InChI is InChI=1S/C34H38N2O12S/c1-21-12-23(14-25(33(21)41)16-35(10-11-37)18-29(38)46-3)32(27-8-6-7-9-28(27)49(43,44)45)24-13-22(2)34(42)26(15-24)17-36(19-30(39)47-4)20-31(40)48-5/h6-9,11-15,42H,10,16-20H2,1-5H3,(H,43,44,45)/b32-23+. The number of aldehydes is 1. The molecule has 0 atom stereocenters. The number of ketones is 1. The first kappa shape index (κ1) is 38.5. The number of nitrogens with zero attached hydrogens (tertiary/aromatic N) is 2. The molecule has 2 N–H and O–H groups in total. The third-order valence-corrected chi connectivity index (χ3v) is 8.52. The number of carbonyl (C=O) groups excluding carboxylic acids is 5. The lowest BCUT2D eigenvalue weighted by molar-refractivity contribution is -0.146. The summed E-state index contributed by atoms with van der Waals surface area (Å²) in [6, 6.07) is 8.79. The van der Waals surface area contributed by atoms with Gasteiger partial charge < -0.3 is 24.1 Å². The first-order valence-corrected chi connectivity index (χ1v) is 16.2. The van der Waals surface area contributed by atoms with Gasteiger partial charge in [0, 0.05) is 29.8 Å². The van der Waals surface area contributed by atoms with Gasteiger partial charge in [-0.2, -0.15) is 8.42 Å². The number of rotatable bonds is 15. The van der Waals surface area contributed by atoms with E-state index < -0.39 is 32.9 Å². The van der Waals surface area contributed by atoms with Crippen LogP contribution in [0, 0.1) is 6.92 Å². The first-order valence-electron chi connectivity index (χ1n) is 14.8. The number of allylic oxidation sites excluding steroid dienone is 4. The predicted octanol–water partition coefficient (Wildman–Crippen LogP) is 2.03. The quantitative estimate of drug-likeness (QED) is 0.119. The van der Waals surface area contributed by atoms with Crippen molar-refractivity contribution in [1.82, 2.24) is 9.80 Å². The lowest BCUT2D eigenvalue weighted by Crippen LogP contribution is -2.35. The average Bonchev–Trinajstić information content (AvgIpc) is 3.05. The molecule has 14 nitrogen and oxygen atoms in total. The Hall–Kier alpha value is -4.96. The fourth-order valence-electron chi connectivity index (χ4n) is 5.28. The SMILES string of the molecule is COC(=O)CN(CC=O)CC1=C/C(=C(\c2cc(C)c(O)c(CN(CC(=O)OC)CC(=O)OC)c2)c2ccccc2S(=O)(=O)O)C=C(C)C1=O. The third kappa shape index (κ3) is 10.0. The Labute approximate surface area is 284 Å². The lowest BCUT2D eigenvalue weighted by Gasteiger charge is -2.24. The van der Waals surface area contributed by atoms with Crippen molar-refractivity contribution in [1.29, 1.82) is 0 Å². The number of aryl methyl sites for hydroxylation is 1. The van der Waals surface area contributed by atoms with E-state index in [0.29, 0.717) is 23.0 Å². The molecule has 3 rings (SSSR count). The van der Waals surface area contributed by atoms with Crippen LogP contribution in [-0.4, -0.2) is 112 Å². The molecule has 49 heavy (non-hydrogen) atoms. The van der Waals surface area contributed by atoms with Gasteiger partial charge in [-0.25, -0.2) is 0 Å². The number of hydrogen-bond acceptors (Lipinski definition) is 13. The van der Waals surface area contributed by atoms with Gasteiger partial charge in [-0.3, -0.25) is 33.5 Å². The number of hydrogen-bond donors (Lipinski definition) is 2. The van der Waals surface area contributed by atoms with Gasteiger partial charge in [0.2, 0.25) is 0 Å². The molecule has 0 amide bonds. The monoisotopic (exact) mass is 698 g/mol. The molecule has 0 heterocycles. The normalized spacial score (nSPS) is 14.2. The maximum atomic E-state index is 13.3. The molecule has 0 aliphatic heterocycles. The van der Waals surface area contributed by atoms with Crippen LogP contribution in [0.3, 0.4) is 0 Å². The number of methoxy groups -OCH3 is 3. The van der Waals surface area contributed by atoms with Gasteiger partial charge in [0.15, 0.2) is 5.78 Å². The molecule has 0 aromatic heterocycles. The second-order valence-corrected chi connectivity index (χ2v) is 12.5. The van der Waals surface area contributed by atoms with Crippen LogP contribution in [0.1, 0.15) is 29.2 Å². The zero-order valence-electron chi connectivity index (χ0n) is 27.7. The summed E-state index contributed by atoms with van der Waals surface area (Å²) in [5.41, 5.74) is 2.02. The van der Waals surface area contributed by atoms with Crippen molar-refractivity contribution in [2.75, 3.05) is 54.1 Å². The Morgan fingerprint density at radius 1 is 0.857 bits per heavy atom. The smallest absolute Gasteiger partial charge is 0.319 e. The molecule has 0 spiro atoms. The Kier molecular flexibility index (Phi) is 13.3. The number of Topliss-reactive ketones (excluding diaryl/α,β-unsaturated/α-hetero) is 1. The van der Waals surface area contributed by atoms with E-state index in [4.69, 9.17) is 14.2 Å². The van der Waals surface area contributed by atoms with Crippen LogP contribution in [-0.2, 0) is 54.8 Å². The Balaban J connectivity index is 2.35. The Bertz CT molecular complexity index is 1820. The van der Waals surface area contributed by atoms with E-state index in [1.807, 2.05) is 0 Å². The first-order chi connectivity index (χ1) is 23.1. The largest absolute Gasteiger partial charge is 0.507 e. The summed E-state index contributed by atoms with van der Waals surface area (Å²) in [5.74, 6) is -2.47. The highest BCUT2D eigenvalue weighted by Gasteiger charge is 2.27. The number of carbonyl (C=O) groups is 5. The van der Waals surface area contributed by atoms with Crippen molar-refractivity contribution < 1.29 is 56.3 Å². The average molecular weight is 699 g/mol. The van der Waals surface area contributed by atoms with Crippen molar-refractivity contribution in [3.05, 3.63) is 87.5 Å². The maximum Gasteiger partial charge on any atom is 0.319 e. The number of ether oxygens (including phenoxy) is 3. The predicted molar refractivity (Wildman–Crippen MR) is 176 cm³/mol. The molecule has 0 saturated heterocycles. The Morgan fingerprint density at radius 3 is 1.98 bits per heavy atom. The summed E-state index contributed by atoms with van der Waals surface area (Å²) >= 11 is 0. The van der Waals surface area contributed by atoms with Gasteiger partial charge >= 0.3 is 17.9 Å². The van der Waals surface area contributed by atoms with Crippen molar-refractivity contribution in [2.24, 2.45) is 0 Å². The van der Waals surface area contributed by atoms with E-state index >= 15 is 0 Å². The van der Waals surface area contributed by atoms with E-state index in [1.54, 1.807) is 26.0 Å². The fraction of sp³-hybridized carbons (Fsp3) is 0.324. The van der Waals surface area contributed by atoms with Crippen molar-refractivity contribution >= 4 is 45.7 Å². The maximum absolute atomic E-state index is 13.3. The molecule has 262 valence electrons. The van der Waals surface area contributed by atoms with Gasteiger partial charge in [-0.15, -0.1) is 0 Å². The van der Waals surface area contributed by atoms with E-state index in [0.717, 1.165) is 0 Å². The second kappa shape index (κ2) is 16.9. The number of phenols is 1. The minimum atomic E-state index is -4.79. The minimum Gasteiger partial charge on any atom is -0.507 e. The summed E-state index contributed by atoms with van der Waals surface area (Å²) in [7, 11) is -1.22. The van der Waals surface area contributed by atoms with Crippen LogP contribution < -0.4 is 0 Å². The molecule has 2 aromatic rings. The van der Waals surface area contributed by atoms with E-state index in [2.05, 4.69) is 0 Å². The van der Waals surface area contributed by atoms with Gasteiger partial charge in [-0.1, -0.05) is 18.2 Å². The summed E-state index contributed by atoms with van der Waals surface area (Å²) < 4.78 is 49.7. The molecule has 0 saturated carbocycles. The van der Waals surface area contributed by atoms with Crippen LogP contribution in [0.15, 0.2) is 70.2 Å². The second-order valence-electron chi connectivity index (χ2n) is 11.1. The van der Waals surface area contributed by atoms with Crippen molar-refractivity contribution in [2.45, 2.75) is 25.3 Å². The molecule has 2 aromatic carbocycles. The summed E-state index contributed by atoms with van der Waals surface area (Å²) in [6.45, 7) is 1.75. The summed E-state index contributed by atoms with van der Waals surface area (Å²) in [5, 5.41) is 11.1. The van der Waals surface area contributed by atoms with Crippen molar-refractivity contribution in [3.63, 3.8) is 0 Å². The molecule has 1 aliphatic carbocycles. The van der Waals surface area contributed by atoms with E-state index in [1.165, 1.54) is 67.5 Å². The summed E-state index contributed by atoms with van der Waals surface area (Å²) in [4.78, 5) is 63.4. The van der Waals surface area contributed by atoms with Gasteiger partial charge in [-0.05, 0) is 72.0 Å². The molecular formula is C34H38N2O12S. The number of aromatic hydroxyl groups is 1. The van der Waals surface area contributed by atoms with Crippen LogP contribution >= 0.6 is 0 Å². The molecule has 1 aliphatic rings. The summed E-state index contributed by atoms with van der Waals surface area (Å²) in [6.07, 6.45) is 3.62. The zero-order valence-corrected chi connectivity index (χ0v) is 28.5. The Morgan fingerprint density at radius 2 is 1.43 bits per heavy atom. The molecule has 0 unspecified atom stereocenters. The van der Waals surface area contributed by atoms with Gasteiger partial charge in [0.25, 0.3) is 10.1 Å². The number of phenolic OH excluding ortho intramolecular Hbond substituents is 1. The molecule has 0 bridgehead atoms. The highest BCUT2D eigenvalue weighted by atomic mass is 32.2. The van der Waals surface area contributed by atoms with Crippen LogP contribution in [0.5, 0.6) is 5.75 Å². The fourth-order valence-corrected chi connectivity index (χ4v) is 5.98.